The minimum absolute atomic E-state index is 0.241. The van der Waals surface area contributed by atoms with Crippen molar-refractivity contribution in [1.29, 1.82) is 0 Å². The van der Waals surface area contributed by atoms with Crippen molar-refractivity contribution in [2.75, 3.05) is 4.90 Å². The Bertz CT molecular complexity index is 1490. The number of rotatable bonds is 11. The van der Waals surface area contributed by atoms with Crippen molar-refractivity contribution in [3.05, 3.63) is 209 Å². The molecule has 0 unspecified atom stereocenters. The molecule has 6 aromatic rings. The zero-order valence-corrected chi connectivity index (χ0v) is 24.0. The molecule has 0 aliphatic heterocycles. The molecule has 42 heavy (non-hydrogen) atoms. The Hall–Kier alpha value is -4.88. The van der Waals surface area contributed by atoms with E-state index in [9.17, 15) is 0 Å². The topological polar surface area (TPSA) is 3.24 Å². The summed E-state index contributed by atoms with van der Waals surface area (Å²) >= 11 is 0. The molecule has 0 saturated carbocycles. The molecule has 0 fully saturated rings. The zero-order chi connectivity index (χ0) is 28.5. The van der Waals surface area contributed by atoms with Gasteiger partial charge >= 0.3 is 0 Å². The molecular formula is C41H37N. The summed E-state index contributed by atoms with van der Waals surface area (Å²) in [5.41, 5.74) is 8.97. The largest absolute Gasteiger partial charge is 0.363 e. The van der Waals surface area contributed by atoms with Crippen LogP contribution >= 0.6 is 0 Å². The van der Waals surface area contributed by atoms with Gasteiger partial charge in [0.25, 0.3) is 0 Å². The third-order valence-electron chi connectivity index (χ3n) is 8.32. The van der Waals surface area contributed by atoms with Crippen LogP contribution in [-0.2, 0) is 24.9 Å². The number of nitrogens with zero attached hydrogens (tertiary/aromatic N) is 1. The summed E-state index contributed by atoms with van der Waals surface area (Å²) in [4.78, 5) is 2.47. The van der Waals surface area contributed by atoms with Crippen molar-refractivity contribution in [1.82, 2.24) is 0 Å². The van der Waals surface area contributed by atoms with Gasteiger partial charge in [-0.15, -0.1) is 0 Å². The van der Waals surface area contributed by atoms with Gasteiger partial charge in [-0.3, -0.25) is 0 Å². The number of anilines is 1. The number of benzene rings is 6. The monoisotopic (exact) mass is 543 g/mol. The summed E-state index contributed by atoms with van der Waals surface area (Å²) < 4.78 is 0. The average molecular weight is 544 g/mol. The second kappa shape index (κ2) is 13.2. The van der Waals surface area contributed by atoms with Crippen LogP contribution in [0.2, 0.25) is 0 Å². The van der Waals surface area contributed by atoms with Crippen molar-refractivity contribution in [2.45, 2.75) is 31.3 Å². The molecule has 0 spiro atoms. The second-order valence-electron chi connectivity index (χ2n) is 11.0. The van der Waals surface area contributed by atoms with E-state index < -0.39 is 0 Å². The number of hydrogen-bond donors (Lipinski definition) is 0. The lowest BCUT2D eigenvalue weighted by Crippen LogP contribution is -2.30. The average Bonchev–Trinajstić information content (AvgIpc) is 3.07. The van der Waals surface area contributed by atoms with Crippen molar-refractivity contribution < 1.29 is 0 Å². The molecule has 0 bridgehead atoms. The van der Waals surface area contributed by atoms with E-state index in [1.165, 1.54) is 39.1 Å². The van der Waals surface area contributed by atoms with Crippen LogP contribution in [0.1, 0.15) is 39.8 Å². The first-order valence-corrected chi connectivity index (χ1v) is 14.9. The maximum Gasteiger partial charge on any atom is 0.0454 e. The number of hydrogen-bond acceptors (Lipinski definition) is 1. The van der Waals surface area contributed by atoms with Crippen LogP contribution in [0.15, 0.2) is 176 Å². The van der Waals surface area contributed by atoms with E-state index in [-0.39, 0.29) is 5.41 Å². The van der Waals surface area contributed by atoms with Crippen LogP contribution < -0.4 is 4.90 Å². The fraction of sp³-hybridized carbons (Fsp3) is 0.122. The van der Waals surface area contributed by atoms with Gasteiger partial charge < -0.3 is 4.90 Å². The lowest BCUT2D eigenvalue weighted by Gasteiger charge is -2.36. The molecule has 6 rings (SSSR count). The Balaban J connectivity index is 1.30. The molecular weight excluding hydrogens is 506 g/mol. The second-order valence-corrected chi connectivity index (χ2v) is 11.0. The summed E-state index contributed by atoms with van der Waals surface area (Å²) in [6, 6.07) is 63.8. The molecule has 0 saturated heterocycles. The van der Waals surface area contributed by atoms with Gasteiger partial charge in [0, 0.05) is 24.2 Å². The van der Waals surface area contributed by atoms with E-state index in [1.54, 1.807) is 0 Å². The minimum Gasteiger partial charge on any atom is -0.363 e. The van der Waals surface area contributed by atoms with Gasteiger partial charge in [0.2, 0.25) is 0 Å². The Morgan fingerprint density at radius 2 is 0.714 bits per heavy atom. The van der Waals surface area contributed by atoms with Gasteiger partial charge in [0.15, 0.2) is 0 Å². The Morgan fingerprint density at radius 1 is 0.357 bits per heavy atom. The third kappa shape index (κ3) is 6.21. The van der Waals surface area contributed by atoms with Gasteiger partial charge in [0.1, 0.15) is 0 Å². The SMILES string of the molecule is c1ccc(CN(Cc2ccccc2)c2ccc(CCC(c3ccccc3)(c3ccccc3)c3ccccc3)cc2)cc1. The van der Waals surface area contributed by atoms with E-state index >= 15 is 0 Å². The van der Waals surface area contributed by atoms with E-state index in [0.717, 1.165) is 25.9 Å². The first-order chi connectivity index (χ1) is 20.8. The summed E-state index contributed by atoms with van der Waals surface area (Å²) in [5, 5.41) is 0. The van der Waals surface area contributed by atoms with Crippen LogP contribution in [-0.4, -0.2) is 0 Å². The summed E-state index contributed by atoms with van der Waals surface area (Å²) in [7, 11) is 0. The lowest BCUT2D eigenvalue weighted by atomic mass is 9.66. The molecule has 6 aromatic carbocycles. The Morgan fingerprint density at radius 3 is 1.10 bits per heavy atom. The van der Waals surface area contributed by atoms with Gasteiger partial charge in [-0.2, -0.15) is 0 Å². The van der Waals surface area contributed by atoms with Crippen molar-refractivity contribution in [2.24, 2.45) is 0 Å². The van der Waals surface area contributed by atoms with Gasteiger partial charge in [-0.25, -0.2) is 0 Å². The highest BCUT2D eigenvalue weighted by atomic mass is 15.1. The van der Waals surface area contributed by atoms with Crippen LogP contribution in [0.25, 0.3) is 0 Å². The quantitative estimate of drug-likeness (QED) is 0.147. The smallest absolute Gasteiger partial charge is 0.0454 e. The summed E-state index contributed by atoms with van der Waals surface area (Å²) in [5.74, 6) is 0. The maximum absolute atomic E-state index is 2.47. The predicted molar refractivity (Wildman–Crippen MR) is 177 cm³/mol. The first kappa shape index (κ1) is 27.3. The highest BCUT2D eigenvalue weighted by molar-refractivity contribution is 5.52. The fourth-order valence-corrected chi connectivity index (χ4v) is 6.15. The Kier molecular flexibility index (Phi) is 8.57. The third-order valence-corrected chi connectivity index (χ3v) is 8.32. The standard InChI is InChI=1S/C41H37N/c1-6-16-35(17-7-1)32-42(33-36-18-8-2-9-19-36)40-28-26-34(27-29-40)30-31-41(37-20-10-3-11-21-37,38-22-12-4-13-23-38)39-24-14-5-15-25-39/h1-29H,30-33H2. The zero-order valence-electron chi connectivity index (χ0n) is 24.0. The van der Waals surface area contributed by atoms with Crippen molar-refractivity contribution >= 4 is 5.69 Å². The van der Waals surface area contributed by atoms with Crippen LogP contribution in [0.5, 0.6) is 0 Å². The maximum atomic E-state index is 2.47. The molecule has 0 aromatic heterocycles. The molecule has 0 N–H and O–H groups in total. The summed E-state index contributed by atoms with van der Waals surface area (Å²) in [6.45, 7) is 1.74. The minimum atomic E-state index is -0.241. The van der Waals surface area contributed by atoms with Crippen LogP contribution in [0, 0.1) is 0 Å². The number of aryl methyl sites for hydroxylation is 1. The van der Waals surface area contributed by atoms with Gasteiger partial charge in [-0.1, -0.05) is 164 Å². The highest BCUT2D eigenvalue weighted by Crippen LogP contribution is 2.43. The van der Waals surface area contributed by atoms with Crippen molar-refractivity contribution in [3.8, 4) is 0 Å². The highest BCUT2D eigenvalue weighted by Gasteiger charge is 2.35. The molecule has 206 valence electrons. The molecule has 0 aliphatic rings. The molecule has 1 heteroatoms. The normalized spacial score (nSPS) is 11.2. The van der Waals surface area contributed by atoms with Gasteiger partial charge in [0.05, 0.1) is 0 Å². The molecule has 0 amide bonds. The van der Waals surface area contributed by atoms with E-state index in [0.29, 0.717) is 0 Å². The van der Waals surface area contributed by atoms with Crippen LogP contribution in [0.3, 0.4) is 0 Å². The first-order valence-electron chi connectivity index (χ1n) is 14.9. The van der Waals surface area contributed by atoms with Gasteiger partial charge in [-0.05, 0) is 58.4 Å². The van der Waals surface area contributed by atoms with E-state index in [4.69, 9.17) is 0 Å². The van der Waals surface area contributed by atoms with E-state index in [2.05, 4.69) is 181 Å². The molecule has 0 radical (unpaired) electrons. The lowest BCUT2D eigenvalue weighted by molar-refractivity contribution is 0.559. The molecule has 0 heterocycles. The summed E-state index contributed by atoms with van der Waals surface area (Å²) in [6.07, 6.45) is 1.94. The molecule has 0 aliphatic carbocycles. The Labute approximate surface area is 250 Å². The van der Waals surface area contributed by atoms with Crippen LogP contribution in [0.4, 0.5) is 5.69 Å². The molecule has 1 nitrogen and oxygen atoms in total. The fourth-order valence-electron chi connectivity index (χ4n) is 6.15. The predicted octanol–water partition coefficient (Wildman–Crippen LogP) is 9.86. The molecule has 0 atom stereocenters. The van der Waals surface area contributed by atoms with Crippen molar-refractivity contribution in [3.63, 3.8) is 0 Å². The van der Waals surface area contributed by atoms with E-state index in [1.807, 2.05) is 0 Å².